The molecule has 326 valence electrons. The highest BCUT2D eigenvalue weighted by atomic mass is 15.1. The Bertz CT molecular complexity index is 4100. The Hall–Kier alpha value is -9.70. The van der Waals surface area contributed by atoms with Gasteiger partial charge >= 0.3 is 0 Å². The summed E-state index contributed by atoms with van der Waals surface area (Å²) in [6.45, 7) is 0. The van der Waals surface area contributed by atoms with Crippen LogP contribution in [-0.4, -0.2) is 24.1 Å². The molecule has 0 unspecified atom stereocenters. The third kappa shape index (κ3) is 6.76. The Balaban J connectivity index is 1.25. The standard InChI is InChI=1S/C64H40N6/c65-41-49-40-54(64-67-62(45-26-12-4-13-27-45)66-63(68-64)46-28-14-5-15-29-46)60(69-55-32-18-16-30-50(55)52-38-47(34-36-57(52)69)42-20-6-1-7-21-42)61(59(49)44-24-10-3-11-25-44)70-56-33-19-17-31-51(56)53-39-48(35-37-58(53)70)43-22-8-2-9-23-43/h1-40H. The van der Waals surface area contributed by atoms with Gasteiger partial charge in [0, 0.05) is 43.8 Å². The first-order chi connectivity index (χ1) is 34.7. The Morgan fingerprint density at radius 1 is 0.300 bits per heavy atom. The van der Waals surface area contributed by atoms with Crippen LogP contribution in [0.25, 0.3) is 123 Å². The van der Waals surface area contributed by atoms with Gasteiger partial charge in [-0.05, 0) is 70.3 Å². The summed E-state index contributed by atoms with van der Waals surface area (Å²) in [7, 11) is 0. The molecule has 0 aliphatic heterocycles. The average molecular weight is 893 g/mol. The highest BCUT2D eigenvalue weighted by Gasteiger charge is 2.30. The lowest BCUT2D eigenvalue weighted by molar-refractivity contribution is 1.05. The molecule has 0 atom stereocenters. The summed E-state index contributed by atoms with van der Waals surface area (Å²) >= 11 is 0. The SMILES string of the molecule is N#Cc1cc(-c2nc(-c3ccccc3)nc(-c3ccccc3)n2)c(-n2c3ccccc3c3cc(-c4ccccc4)ccc32)c(-n2c3ccccc3c3cc(-c4ccccc4)ccc32)c1-c1ccccc1. The molecule has 3 aromatic heterocycles. The van der Waals surface area contributed by atoms with E-state index in [-0.39, 0.29) is 0 Å². The van der Waals surface area contributed by atoms with Gasteiger partial charge in [0.05, 0.1) is 45.1 Å². The Morgan fingerprint density at radius 2 is 0.671 bits per heavy atom. The summed E-state index contributed by atoms with van der Waals surface area (Å²) < 4.78 is 4.75. The molecule has 0 aliphatic carbocycles. The molecule has 6 heteroatoms. The van der Waals surface area contributed by atoms with Gasteiger partial charge in [-0.2, -0.15) is 5.26 Å². The second-order valence-corrected chi connectivity index (χ2v) is 17.5. The third-order valence-electron chi connectivity index (χ3n) is 13.4. The Labute approximate surface area is 404 Å². The molecule has 0 radical (unpaired) electrons. The quantitative estimate of drug-likeness (QED) is 0.152. The molecule has 6 nitrogen and oxygen atoms in total. The van der Waals surface area contributed by atoms with Gasteiger partial charge in [0.15, 0.2) is 17.5 Å². The molecular formula is C64H40N6. The largest absolute Gasteiger partial charge is 0.307 e. The Morgan fingerprint density at radius 3 is 1.13 bits per heavy atom. The molecule has 70 heavy (non-hydrogen) atoms. The minimum absolute atomic E-state index is 0.444. The number of nitrogens with zero attached hydrogens (tertiary/aromatic N) is 6. The number of nitriles is 1. The highest BCUT2D eigenvalue weighted by Crippen LogP contribution is 2.48. The van der Waals surface area contributed by atoms with Crippen LogP contribution in [0, 0.1) is 11.3 Å². The summed E-state index contributed by atoms with van der Waals surface area (Å²) in [6, 6.07) is 86.9. The highest BCUT2D eigenvalue weighted by molar-refractivity contribution is 6.14. The van der Waals surface area contributed by atoms with Crippen LogP contribution in [0.2, 0.25) is 0 Å². The Kier molecular flexibility index (Phi) is 9.78. The fourth-order valence-electron chi connectivity index (χ4n) is 10.2. The van der Waals surface area contributed by atoms with Crippen LogP contribution in [0.15, 0.2) is 243 Å². The first-order valence-electron chi connectivity index (χ1n) is 23.4. The summed E-state index contributed by atoms with van der Waals surface area (Å²) in [5, 5.41) is 16.0. The molecule has 10 aromatic carbocycles. The zero-order valence-corrected chi connectivity index (χ0v) is 37.8. The number of benzene rings is 10. The molecular weight excluding hydrogens is 853 g/mol. The second-order valence-electron chi connectivity index (χ2n) is 17.5. The lowest BCUT2D eigenvalue weighted by Gasteiger charge is -2.25. The normalized spacial score (nSPS) is 11.4. The maximum absolute atomic E-state index is 11.6. The average Bonchev–Trinajstić information content (AvgIpc) is 3.95. The molecule has 3 heterocycles. The maximum atomic E-state index is 11.6. The second kappa shape index (κ2) is 16.9. The van der Waals surface area contributed by atoms with E-state index in [0.717, 1.165) is 99.5 Å². The van der Waals surface area contributed by atoms with Crippen molar-refractivity contribution in [2.24, 2.45) is 0 Å². The molecule has 13 rings (SSSR count). The van der Waals surface area contributed by atoms with Crippen molar-refractivity contribution in [2.45, 2.75) is 0 Å². The van der Waals surface area contributed by atoms with Crippen molar-refractivity contribution < 1.29 is 0 Å². The van der Waals surface area contributed by atoms with Crippen molar-refractivity contribution in [1.82, 2.24) is 24.1 Å². The first-order valence-corrected chi connectivity index (χ1v) is 23.4. The van der Waals surface area contributed by atoms with Crippen LogP contribution in [0.1, 0.15) is 5.56 Å². The van der Waals surface area contributed by atoms with E-state index in [0.29, 0.717) is 28.6 Å². The van der Waals surface area contributed by atoms with Crippen LogP contribution >= 0.6 is 0 Å². The zero-order valence-electron chi connectivity index (χ0n) is 37.8. The van der Waals surface area contributed by atoms with E-state index in [1.807, 2.05) is 84.9 Å². The van der Waals surface area contributed by atoms with Crippen LogP contribution in [-0.2, 0) is 0 Å². The van der Waals surface area contributed by atoms with Crippen LogP contribution in [0.5, 0.6) is 0 Å². The van der Waals surface area contributed by atoms with Gasteiger partial charge in [0.25, 0.3) is 0 Å². The maximum Gasteiger partial charge on any atom is 0.166 e. The number of fused-ring (bicyclic) bond motifs is 6. The van der Waals surface area contributed by atoms with Gasteiger partial charge in [0.1, 0.15) is 0 Å². The smallest absolute Gasteiger partial charge is 0.166 e. The van der Waals surface area contributed by atoms with E-state index in [9.17, 15) is 5.26 Å². The molecule has 13 aromatic rings. The molecule has 0 saturated heterocycles. The molecule has 0 spiro atoms. The van der Waals surface area contributed by atoms with Crippen LogP contribution in [0.4, 0.5) is 0 Å². The van der Waals surface area contributed by atoms with Crippen molar-refractivity contribution in [3.63, 3.8) is 0 Å². The van der Waals surface area contributed by atoms with E-state index in [1.165, 1.54) is 0 Å². The van der Waals surface area contributed by atoms with E-state index in [1.54, 1.807) is 0 Å². The van der Waals surface area contributed by atoms with Crippen molar-refractivity contribution in [3.8, 4) is 85.0 Å². The molecule has 0 saturated carbocycles. The zero-order chi connectivity index (χ0) is 46.5. The topological polar surface area (TPSA) is 72.3 Å². The third-order valence-corrected chi connectivity index (χ3v) is 13.4. The molecule has 0 N–H and O–H groups in total. The summed E-state index contributed by atoms with van der Waals surface area (Å²) in [4.78, 5) is 15.9. The molecule has 0 aliphatic rings. The summed E-state index contributed by atoms with van der Waals surface area (Å²) in [6.07, 6.45) is 0. The van der Waals surface area contributed by atoms with Crippen molar-refractivity contribution in [1.29, 1.82) is 5.26 Å². The van der Waals surface area contributed by atoms with E-state index >= 15 is 0 Å². The van der Waals surface area contributed by atoms with Gasteiger partial charge in [-0.1, -0.05) is 200 Å². The van der Waals surface area contributed by atoms with E-state index < -0.39 is 0 Å². The van der Waals surface area contributed by atoms with Gasteiger partial charge in [-0.25, -0.2) is 15.0 Å². The monoisotopic (exact) mass is 892 g/mol. The minimum Gasteiger partial charge on any atom is -0.307 e. The van der Waals surface area contributed by atoms with Crippen molar-refractivity contribution in [3.05, 3.63) is 248 Å². The number of hydrogen-bond donors (Lipinski definition) is 0. The van der Waals surface area contributed by atoms with Crippen molar-refractivity contribution >= 4 is 43.6 Å². The fraction of sp³-hybridized carbons (Fsp3) is 0. The lowest BCUT2D eigenvalue weighted by atomic mass is 9.92. The predicted octanol–water partition coefficient (Wildman–Crippen LogP) is 15.9. The van der Waals surface area contributed by atoms with E-state index in [4.69, 9.17) is 15.0 Å². The van der Waals surface area contributed by atoms with Gasteiger partial charge < -0.3 is 9.13 Å². The minimum atomic E-state index is 0.444. The first kappa shape index (κ1) is 40.6. The van der Waals surface area contributed by atoms with Gasteiger partial charge in [-0.3, -0.25) is 0 Å². The van der Waals surface area contributed by atoms with Crippen molar-refractivity contribution in [2.75, 3.05) is 0 Å². The number of aromatic nitrogens is 5. The van der Waals surface area contributed by atoms with E-state index in [2.05, 4.69) is 173 Å². The van der Waals surface area contributed by atoms with Gasteiger partial charge in [0.2, 0.25) is 0 Å². The molecule has 0 amide bonds. The number of hydrogen-bond acceptors (Lipinski definition) is 4. The van der Waals surface area contributed by atoms with Crippen LogP contribution < -0.4 is 0 Å². The molecule has 0 fully saturated rings. The van der Waals surface area contributed by atoms with Crippen LogP contribution in [0.3, 0.4) is 0 Å². The molecule has 0 bridgehead atoms. The summed E-state index contributed by atoms with van der Waals surface area (Å²) in [5.41, 5.74) is 14.8. The number of rotatable bonds is 8. The predicted molar refractivity (Wildman–Crippen MR) is 286 cm³/mol. The fourth-order valence-corrected chi connectivity index (χ4v) is 10.2. The number of para-hydroxylation sites is 2. The lowest BCUT2D eigenvalue weighted by Crippen LogP contribution is -2.11. The van der Waals surface area contributed by atoms with Gasteiger partial charge in [-0.15, -0.1) is 0 Å². The summed E-state index contributed by atoms with van der Waals surface area (Å²) in [5.74, 6) is 1.50.